The maximum Gasteiger partial charge on any atom is 0.170 e. The van der Waals surface area contributed by atoms with Gasteiger partial charge in [-0.3, -0.25) is 4.79 Å². The van der Waals surface area contributed by atoms with Crippen molar-refractivity contribution in [3.8, 4) is 17.2 Å². The molecule has 4 nitrogen and oxygen atoms in total. The fourth-order valence-electron chi connectivity index (χ4n) is 5.06. The zero-order chi connectivity index (χ0) is 28.6. The highest BCUT2D eigenvalue weighted by Crippen LogP contribution is 2.34. The molecule has 0 heterocycles. The van der Waals surface area contributed by atoms with Crippen molar-refractivity contribution in [1.82, 2.24) is 0 Å². The third-order valence-electron chi connectivity index (χ3n) is 7.50. The van der Waals surface area contributed by atoms with Crippen LogP contribution in [0.2, 0.25) is 0 Å². The van der Waals surface area contributed by atoms with Gasteiger partial charge in [-0.2, -0.15) is 0 Å². The highest BCUT2D eigenvalue weighted by atomic mass is 16.5. The van der Waals surface area contributed by atoms with Gasteiger partial charge in [0.15, 0.2) is 5.78 Å². The van der Waals surface area contributed by atoms with E-state index in [-0.39, 0.29) is 24.1 Å². The van der Waals surface area contributed by atoms with Crippen LogP contribution in [-0.2, 0) is 12.8 Å². The molecule has 4 heteroatoms. The zero-order valence-corrected chi connectivity index (χ0v) is 25.8. The van der Waals surface area contributed by atoms with Gasteiger partial charge in [-0.1, -0.05) is 85.9 Å². The molecule has 3 unspecified atom stereocenters. The Morgan fingerprint density at radius 3 is 1.59 bits per heavy atom. The smallest absolute Gasteiger partial charge is 0.170 e. The van der Waals surface area contributed by atoms with E-state index in [1.807, 2.05) is 18.2 Å². The number of ether oxygens (including phenoxy) is 3. The van der Waals surface area contributed by atoms with Crippen LogP contribution in [0.4, 0.5) is 0 Å². The number of rotatable bonds is 20. The molecule has 0 bridgehead atoms. The van der Waals surface area contributed by atoms with Crippen molar-refractivity contribution in [3.63, 3.8) is 0 Å². The van der Waals surface area contributed by atoms with Gasteiger partial charge in [0.1, 0.15) is 22.8 Å². The molecular weight excluding hydrogens is 484 g/mol. The van der Waals surface area contributed by atoms with Gasteiger partial charge in [-0.15, -0.1) is 0 Å². The maximum absolute atomic E-state index is 14.0. The van der Waals surface area contributed by atoms with Crippen molar-refractivity contribution in [2.24, 2.45) is 0 Å². The number of carbonyl (C=O) groups excluding carboxylic acids is 1. The van der Waals surface area contributed by atoms with Gasteiger partial charge in [-0.05, 0) is 80.7 Å². The molecule has 0 saturated heterocycles. The molecule has 2 aromatic carbocycles. The Morgan fingerprint density at radius 1 is 0.667 bits per heavy atom. The first-order valence-electron chi connectivity index (χ1n) is 15.7. The minimum Gasteiger partial charge on any atom is -0.490 e. The van der Waals surface area contributed by atoms with E-state index in [0.717, 1.165) is 75.5 Å². The summed E-state index contributed by atoms with van der Waals surface area (Å²) in [6.45, 7) is 15.1. The zero-order valence-electron chi connectivity index (χ0n) is 25.8. The molecule has 0 fully saturated rings. The lowest BCUT2D eigenvalue weighted by molar-refractivity contribution is 0.0963. The lowest BCUT2D eigenvalue weighted by Gasteiger charge is -2.23. The van der Waals surface area contributed by atoms with Crippen LogP contribution in [0, 0.1) is 0 Å². The van der Waals surface area contributed by atoms with Crippen LogP contribution in [-0.4, -0.2) is 24.1 Å². The molecule has 2 aromatic rings. The third-order valence-corrected chi connectivity index (χ3v) is 7.50. The SMILES string of the molecule is CCCC(CC)Oc1ccc(CC)cc1CCC(=O)c1c(OC(CC)CCC)cccc1OC(CC)CCC. The summed E-state index contributed by atoms with van der Waals surface area (Å²) < 4.78 is 19.4. The van der Waals surface area contributed by atoms with Gasteiger partial charge < -0.3 is 14.2 Å². The Morgan fingerprint density at radius 2 is 1.15 bits per heavy atom. The molecule has 0 amide bonds. The maximum atomic E-state index is 14.0. The monoisotopic (exact) mass is 538 g/mol. The quantitative estimate of drug-likeness (QED) is 0.157. The molecule has 0 aliphatic rings. The summed E-state index contributed by atoms with van der Waals surface area (Å²) in [5, 5.41) is 0. The minimum absolute atomic E-state index is 0.0618. The molecular formula is C35H54O4. The molecule has 0 aromatic heterocycles. The first-order valence-corrected chi connectivity index (χ1v) is 15.7. The van der Waals surface area contributed by atoms with Gasteiger partial charge in [0.2, 0.25) is 0 Å². The standard InChI is InChI=1S/C35H54O4/c1-8-16-28(12-5)37-32-24-21-26(11-4)25-27(32)22-23-31(36)35-33(38-29(13-6)17-9-2)19-15-20-34(35)39-30(14-7)18-10-3/h15,19-21,24-25,28-30H,8-14,16-18,22-23H2,1-7H3. The Labute approximate surface area is 238 Å². The largest absolute Gasteiger partial charge is 0.490 e. The molecule has 39 heavy (non-hydrogen) atoms. The number of Topliss-reactive ketones (excluding diaryl/α,β-unsaturated/α-hetero) is 1. The molecule has 0 spiro atoms. The van der Waals surface area contributed by atoms with Crippen LogP contribution in [0.15, 0.2) is 36.4 Å². The molecule has 0 aliphatic heterocycles. The molecule has 218 valence electrons. The normalized spacial score (nSPS) is 13.5. The van der Waals surface area contributed by atoms with Crippen molar-refractivity contribution in [3.05, 3.63) is 53.1 Å². The first kappa shape index (κ1) is 32.7. The number of benzene rings is 2. The topological polar surface area (TPSA) is 44.8 Å². The fraction of sp³-hybridized carbons (Fsp3) is 0.629. The number of aryl methyl sites for hydroxylation is 2. The van der Waals surface area contributed by atoms with Crippen LogP contribution in [0.5, 0.6) is 17.2 Å². The lowest BCUT2D eigenvalue weighted by atomic mass is 9.98. The average molecular weight is 539 g/mol. The molecule has 2 rings (SSSR count). The van der Waals surface area contributed by atoms with Gasteiger partial charge in [-0.25, -0.2) is 0 Å². The summed E-state index contributed by atoms with van der Waals surface area (Å²) in [6.07, 6.45) is 11.2. The van der Waals surface area contributed by atoms with Crippen LogP contribution < -0.4 is 14.2 Å². The minimum atomic E-state index is 0.0618. The molecule has 0 radical (unpaired) electrons. The Balaban J connectivity index is 2.39. The summed E-state index contributed by atoms with van der Waals surface area (Å²) >= 11 is 0. The summed E-state index contributed by atoms with van der Waals surface area (Å²) in [6, 6.07) is 12.3. The van der Waals surface area contributed by atoms with Crippen molar-refractivity contribution in [2.45, 2.75) is 144 Å². The second kappa shape index (κ2) is 18.0. The van der Waals surface area contributed by atoms with Gasteiger partial charge in [0.05, 0.1) is 18.3 Å². The van der Waals surface area contributed by atoms with E-state index >= 15 is 0 Å². The van der Waals surface area contributed by atoms with E-state index in [4.69, 9.17) is 14.2 Å². The molecule has 3 atom stereocenters. The summed E-state index contributed by atoms with van der Waals surface area (Å²) in [5.41, 5.74) is 2.96. The van der Waals surface area contributed by atoms with Crippen LogP contribution in [0.1, 0.15) is 134 Å². The highest BCUT2D eigenvalue weighted by molar-refractivity contribution is 6.01. The van der Waals surface area contributed by atoms with Crippen LogP contribution >= 0.6 is 0 Å². The highest BCUT2D eigenvalue weighted by Gasteiger charge is 2.23. The molecule has 0 N–H and O–H groups in total. The predicted octanol–water partition coefficient (Wildman–Crippen LogP) is 9.94. The lowest BCUT2D eigenvalue weighted by Crippen LogP contribution is -2.20. The molecule has 0 saturated carbocycles. The van der Waals surface area contributed by atoms with Crippen LogP contribution in [0.25, 0.3) is 0 Å². The van der Waals surface area contributed by atoms with E-state index in [1.165, 1.54) is 5.56 Å². The summed E-state index contributed by atoms with van der Waals surface area (Å²) in [5.74, 6) is 2.27. The summed E-state index contributed by atoms with van der Waals surface area (Å²) in [7, 11) is 0. The van der Waals surface area contributed by atoms with E-state index in [9.17, 15) is 4.79 Å². The number of ketones is 1. The molecule has 0 aliphatic carbocycles. The second-order valence-electron chi connectivity index (χ2n) is 10.7. The summed E-state index contributed by atoms with van der Waals surface area (Å²) in [4.78, 5) is 14.0. The number of hydrogen-bond acceptors (Lipinski definition) is 4. The number of hydrogen-bond donors (Lipinski definition) is 0. The fourth-order valence-corrected chi connectivity index (χ4v) is 5.06. The number of carbonyl (C=O) groups is 1. The van der Waals surface area contributed by atoms with Crippen molar-refractivity contribution < 1.29 is 19.0 Å². The van der Waals surface area contributed by atoms with E-state index < -0.39 is 0 Å². The van der Waals surface area contributed by atoms with Gasteiger partial charge in [0.25, 0.3) is 0 Å². The Kier molecular flexibility index (Phi) is 15.1. The Bertz CT molecular complexity index is 948. The van der Waals surface area contributed by atoms with E-state index in [0.29, 0.717) is 29.9 Å². The third kappa shape index (κ3) is 10.2. The van der Waals surface area contributed by atoms with E-state index in [1.54, 1.807) is 0 Å². The predicted molar refractivity (Wildman–Crippen MR) is 164 cm³/mol. The van der Waals surface area contributed by atoms with Gasteiger partial charge >= 0.3 is 0 Å². The second-order valence-corrected chi connectivity index (χ2v) is 10.7. The van der Waals surface area contributed by atoms with Crippen molar-refractivity contribution in [1.29, 1.82) is 0 Å². The van der Waals surface area contributed by atoms with E-state index in [2.05, 4.69) is 66.7 Å². The van der Waals surface area contributed by atoms with Gasteiger partial charge in [0, 0.05) is 6.42 Å². The van der Waals surface area contributed by atoms with Crippen molar-refractivity contribution in [2.75, 3.05) is 0 Å². The average Bonchev–Trinajstić information content (AvgIpc) is 2.95. The van der Waals surface area contributed by atoms with Crippen LogP contribution in [0.3, 0.4) is 0 Å². The first-order chi connectivity index (χ1) is 18.9. The van der Waals surface area contributed by atoms with Crippen molar-refractivity contribution >= 4 is 5.78 Å². The Hall–Kier alpha value is -2.49.